The standard InChI is InChI=1S/C9H10ClN5/c1-6(2)15-13-9(12-14-15)7-3-4-11-8(10)5-7/h3-6H,1-2H3. The minimum absolute atomic E-state index is 0.198. The zero-order chi connectivity index (χ0) is 10.8. The lowest BCUT2D eigenvalue weighted by Crippen LogP contribution is -2.04. The molecule has 0 atom stereocenters. The molecule has 0 N–H and O–H groups in total. The van der Waals surface area contributed by atoms with Gasteiger partial charge in [0.25, 0.3) is 0 Å². The van der Waals surface area contributed by atoms with E-state index >= 15 is 0 Å². The number of hydrogen-bond donors (Lipinski definition) is 0. The second-order valence-corrected chi connectivity index (χ2v) is 3.78. The van der Waals surface area contributed by atoms with Crippen LogP contribution >= 0.6 is 11.6 Å². The van der Waals surface area contributed by atoms with Crippen LogP contribution in [-0.2, 0) is 0 Å². The van der Waals surface area contributed by atoms with Gasteiger partial charge in [0.1, 0.15) is 5.15 Å². The van der Waals surface area contributed by atoms with Gasteiger partial charge >= 0.3 is 0 Å². The molecule has 0 fully saturated rings. The fourth-order valence-electron chi connectivity index (χ4n) is 1.10. The summed E-state index contributed by atoms with van der Waals surface area (Å²) >= 11 is 5.77. The van der Waals surface area contributed by atoms with E-state index in [1.165, 1.54) is 0 Å². The zero-order valence-corrected chi connectivity index (χ0v) is 9.18. The Balaban J connectivity index is 2.37. The molecule has 0 aliphatic rings. The van der Waals surface area contributed by atoms with Crippen LogP contribution in [0.5, 0.6) is 0 Å². The van der Waals surface area contributed by atoms with E-state index in [0.717, 1.165) is 5.56 Å². The Morgan fingerprint density at radius 2 is 2.20 bits per heavy atom. The van der Waals surface area contributed by atoms with Crippen molar-refractivity contribution in [1.29, 1.82) is 0 Å². The number of hydrogen-bond acceptors (Lipinski definition) is 4. The monoisotopic (exact) mass is 223 g/mol. The molecule has 2 aromatic rings. The van der Waals surface area contributed by atoms with Crippen molar-refractivity contribution in [1.82, 2.24) is 25.2 Å². The molecule has 0 bridgehead atoms. The summed E-state index contributed by atoms with van der Waals surface area (Å²) in [7, 11) is 0. The van der Waals surface area contributed by atoms with Crippen LogP contribution in [-0.4, -0.2) is 25.2 Å². The lowest BCUT2D eigenvalue weighted by atomic mass is 10.3. The zero-order valence-electron chi connectivity index (χ0n) is 8.42. The second kappa shape index (κ2) is 3.94. The Morgan fingerprint density at radius 1 is 1.40 bits per heavy atom. The molecule has 6 heteroatoms. The summed E-state index contributed by atoms with van der Waals surface area (Å²) in [6, 6.07) is 3.71. The van der Waals surface area contributed by atoms with Crippen LogP contribution in [0, 0.1) is 0 Å². The van der Waals surface area contributed by atoms with Crippen LogP contribution < -0.4 is 0 Å². The van der Waals surface area contributed by atoms with E-state index in [-0.39, 0.29) is 6.04 Å². The summed E-state index contributed by atoms with van der Waals surface area (Å²) in [6.07, 6.45) is 1.62. The van der Waals surface area contributed by atoms with Gasteiger partial charge in [-0.2, -0.15) is 4.80 Å². The smallest absolute Gasteiger partial charge is 0.205 e. The van der Waals surface area contributed by atoms with Crippen LogP contribution in [0.4, 0.5) is 0 Å². The molecule has 0 aliphatic heterocycles. The fourth-order valence-corrected chi connectivity index (χ4v) is 1.27. The molecule has 0 aromatic carbocycles. The van der Waals surface area contributed by atoms with Crippen molar-refractivity contribution < 1.29 is 0 Å². The average molecular weight is 224 g/mol. The van der Waals surface area contributed by atoms with E-state index in [4.69, 9.17) is 11.6 Å². The van der Waals surface area contributed by atoms with Crippen LogP contribution in [0.3, 0.4) is 0 Å². The first-order chi connectivity index (χ1) is 7.16. The van der Waals surface area contributed by atoms with Crippen molar-refractivity contribution in [3.05, 3.63) is 23.5 Å². The normalized spacial score (nSPS) is 10.9. The summed E-state index contributed by atoms with van der Waals surface area (Å²) in [4.78, 5) is 5.45. The van der Waals surface area contributed by atoms with Crippen LogP contribution in [0.25, 0.3) is 11.4 Å². The molecule has 2 rings (SSSR count). The topological polar surface area (TPSA) is 56.5 Å². The van der Waals surface area contributed by atoms with Gasteiger partial charge in [0.05, 0.1) is 6.04 Å². The Kier molecular flexibility index (Phi) is 2.64. The van der Waals surface area contributed by atoms with E-state index < -0.39 is 0 Å². The Bertz CT molecular complexity index is 465. The fraction of sp³-hybridized carbons (Fsp3) is 0.333. The molecular formula is C9H10ClN5. The summed E-state index contributed by atoms with van der Waals surface area (Å²) in [5, 5.41) is 12.5. The molecule has 15 heavy (non-hydrogen) atoms. The predicted molar refractivity (Wildman–Crippen MR) is 56.4 cm³/mol. The number of pyridine rings is 1. The molecule has 0 radical (unpaired) electrons. The van der Waals surface area contributed by atoms with Gasteiger partial charge in [-0.25, -0.2) is 4.98 Å². The lowest BCUT2D eigenvalue weighted by molar-refractivity contribution is 0.455. The molecule has 5 nitrogen and oxygen atoms in total. The Labute approximate surface area is 92.1 Å². The molecule has 0 unspecified atom stereocenters. The van der Waals surface area contributed by atoms with Crippen molar-refractivity contribution in [3.63, 3.8) is 0 Å². The maximum absolute atomic E-state index is 5.77. The molecule has 0 saturated carbocycles. The van der Waals surface area contributed by atoms with E-state index in [1.54, 1.807) is 23.1 Å². The van der Waals surface area contributed by atoms with Crippen LogP contribution in [0.2, 0.25) is 5.15 Å². The van der Waals surface area contributed by atoms with Crippen LogP contribution in [0.1, 0.15) is 19.9 Å². The average Bonchev–Trinajstić information content (AvgIpc) is 2.66. The summed E-state index contributed by atoms with van der Waals surface area (Å²) in [5.74, 6) is 0.563. The minimum Gasteiger partial charge on any atom is -0.245 e. The number of halogens is 1. The molecule has 0 spiro atoms. The minimum atomic E-state index is 0.198. The van der Waals surface area contributed by atoms with Gasteiger partial charge in [-0.15, -0.1) is 10.2 Å². The Morgan fingerprint density at radius 3 is 2.80 bits per heavy atom. The quantitative estimate of drug-likeness (QED) is 0.731. The van der Waals surface area contributed by atoms with E-state index in [1.807, 2.05) is 13.8 Å². The van der Waals surface area contributed by atoms with Crippen molar-refractivity contribution in [3.8, 4) is 11.4 Å². The predicted octanol–water partition coefficient (Wildman–Crippen LogP) is 1.97. The lowest BCUT2D eigenvalue weighted by Gasteiger charge is -1.99. The van der Waals surface area contributed by atoms with Gasteiger partial charge in [-0.3, -0.25) is 0 Å². The first-order valence-electron chi connectivity index (χ1n) is 4.58. The third-order valence-corrected chi connectivity index (χ3v) is 2.08. The molecule has 0 amide bonds. The van der Waals surface area contributed by atoms with Crippen LogP contribution in [0.15, 0.2) is 18.3 Å². The van der Waals surface area contributed by atoms with Gasteiger partial charge in [0.15, 0.2) is 0 Å². The number of aromatic nitrogens is 5. The van der Waals surface area contributed by atoms with E-state index in [9.17, 15) is 0 Å². The molecule has 0 aliphatic carbocycles. The van der Waals surface area contributed by atoms with E-state index in [0.29, 0.717) is 11.0 Å². The van der Waals surface area contributed by atoms with Gasteiger partial charge in [-0.05, 0) is 31.2 Å². The molecular weight excluding hydrogens is 214 g/mol. The first kappa shape index (κ1) is 10.0. The van der Waals surface area contributed by atoms with Crippen molar-refractivity contribution in [2.45, 2.75) is 19.9 Å². The van der Waals surface area contributed by atoms with Gasteiger partial charge in [0, 0.05) is 11.8 Å². The molecule has 2 heterocycles. The van der Waals surface area contributed by atoms with Gasteiger partial charge < -0.3 is 0 Å². The number of tetrazole rings is 1. The summed E-state index contributed by atoms with van der Waals surface area (Å²) in [6.45, 7) is 3.98. The number of nitrogens with zero attached hydrogens (tertiary/aromatic N) is 5. The van der Waals surface area contributed by atoms with Crippen molar-refractivity contribution >= 4 is 11.6 Å². The summed E-state index contributed by atoms with van der Waals surface area (Å²) < 4.78 is 0. The highest BCUT2D eigenvalue weighted by molar-refractivity contribution is 6.29. The maximum Gasteiger partial charge on any atom is 0.205 e. The maximum atomic E-state index is 5.77. The third-order valence-electron chi connectivity index (χ3n) is 1.87. The first-order valence-corrected chi connectivity index (χ1v) is 4.96. The SMILES string of the molecule is CC(C)n1nnc(-c2ccnc(Cl)c2)n1. The highest BCUT2D eigenvalue weighted by atomic mass is 35.5. The molecule has 0 saturated heterocycles. The highest BCUT2D eigenvalue weighted by Gasteiger charge is 2.08. The van der Waals surface area contributed by atoms with Gasteiger partial charge in [-0.1, -0.05) is 11.6 Å². The summed E-state index contributed by atoms with van der Waals surface area (Å²) in [5.41, 5.74) is 0.821. The highest BCUT2D eigenvalue weighted by Crippen LogP contribution is 2.16. The third kappa shape index (κ3) is 2.12. The van der Waals surface area contributed by atoms with Crippen molar-refractivity contribution in [2.24, 2.45) is 0 Å². The molecule has 2 aromatic heterocycles. The second-order valence-electron chi connectivity index (χ2n) is 3.39. The largest absolute Gasteiger partial charge is 0.245 e. The van der Waals surface area contributed by atoms with Crippen molar-refractivity contribution in [2.75, 3.05) is 0 Å². The Hall–Kier alpha value is -1.49. The molecule has 78 valence electrons. The van der Waals surface area contributed by atoms with E-state index in [2.05, 4.69) is 20.4 Å². The number of rotatable bonds is 2. The van der Waals surface area contributed by atoms with Gasteiger partial charge in [0.2, 0.25) is 5.82 Å².